The van der Waals surface area contributed by atoms with E-state index in [4.69, 9.17) is 10.00 Å². The summed E-state index contributed by atoms with van der Waals surface area (Å²) < 4.78 is 5.53. The molecule has 4 rings (SSSR count). The molecule has 0 aliphatic heterocycles. The Balaban J connectivity index is 1.56. The molecule has 1 heterocycles. The number of amides is 1. The van der Waals surface area contributed by atoms with Gasteiger partial charge < -0.3 is 9.84 Å². The lowest BCUT2D eigenvalue weighted by molar-refractivity contribution is -0.135. The van der Waals surface area contributed by atoms with E-state index in [0.717, 1.165) is 27.2 Å². The van der Waals surface area contributed by atoms with Crippen molar-refractivity contribution in [2.24, 2.45) is 0 Å². The van der Waals surface area contributed by atoms with Crippen molar-refractivity contribution in [3.63, 3.8) is 0 Å². The summed E-state index contributed by atoms with van der Waals surface area (Å²) in [6.45, 7) is -0.533. The highest BCUT2D eigenvalue weighted by atomic mass is 16.6. The van der Waals surface area contributed by atoms with Gasteiger partial charge in [-0.15, -0.1) is 0 Å². The number of hydrogen-bond donors (Lipinski definition) is 1. The van der Waals surface area contributed by atoms with Gasteiger partial charge in [0.25, 0.3) is 0 Å². The highest BCUT2D eigenvalue weighted by Gasteiger charge is 2.30. The Kier molecular flexibility index (Phi) is 5.14. The van der Waals surface area contributed by atoms with Gasteiger partial charge in [-0.25, -0.2) is 9.78 Å². The number of nitriles is 1. The second kappa shape index (κ2) is 8.05. The van der Waals surface area contributed by atoms with Gasteiger partial charge in [0.05, 0.1) is 5.56 Å². The van der Waals surface area contributed by atoms with Crippen LogP contribution in [0.5, 0.6) is 0 Å². The van der Waals surface area contributed by atoms with Crippen molar-refractivity contribution in [1.29, 1.82) is 5.26 Å². The maximum atomic E-state index is 12.7. The largest absolute Gasteiger partial charge is 0.480 e. The van der Waals surface area contributed by atoms with Crippen LogP contribution in [0.4, 0.5) is 10.6 Å². The van der Waals surface area contributed by atoms with Crippen molar-refractivity contribution in [3.8, 4) is 17.2 Å². The molecule has 0 unspecified atom stereocenters. The van der Waals surface area contributed by atoms with E-state index < -0.39 is 18.6 Å². The van der Waals surface area contributed by atoms with E-state index in [2.05, 4.69) is 4.98 Å². The van der Waals surface area contributed by atoms with E-state index >= 15 is 0 Å². The van der Waals surface area contributed by atoms with Crippen LogP contribution in [0.3, 0.4) is 0 Å². The monoisotopic (exact) mass is 399 g/mol. The number of fused-ring (bicyclic) bond motifs is 3. The van der Waals surface area contributed by atoms with Crippen molar-refractivity contribution in [2.45, 2.75) is 5.92 Å². The van der Waals surface area contributed by atoms with E-state index in [0.29, 0.717) is 5.56 Å². The van der Waals surface area contributed by atoms with Crippen LogP contribution in [-0.4, -0.2) is 35.3 Å². The molecule has 7 heteroatoms. The molecule has 0 radical (unpaired) electrons. The first-order chi connectivity index (χ1) is 14.6. The number of hydrogen-bond acceptors (Lipinski definition) is 5. The molecule has 0 spiro atoms. The average molecular weight is 399 g/mol. The summed E-state index contributed by atoms with van der Waals surface area (Å²) in [7, 11) is 0. The van der Waals surface area contributed by atoms with E-state index in [1.54, 1.807) is 0 Å². The molecular weight excluding hydrogens is 382 g/mol. The molecule has 0 saturated heterocycles. The highest BCUT2D eigenvalue weighted by molar-refractivity contribution is 5.92. The van der Waals surface area contributed by atoms with Gasteiger partial charge in [-0.05, 0) is 34.4 Å². The van der Waals surface area contributed by atoms with Gasteiger partial charge in [0.15, 0.2) is 0 Å². The number of benzene rings is 2. The Morgan fingerprint density at radius 1 is 1.03 bits per heavy atom. The number of ether oxygens (including phenoxy) is 1. The second-order valence-electron chi connectivity index (χ2n) is 6.80. The molecule has 0 fully saturated rings. The number of pyridine rings is 1. The summed E-state index contributed by atoms with van der Waals surface area (Å²) in [6.07, 6.45) is 0.470. The number of carbonyl (C=O) groups is 2. The third-order valence-electron chi connectivity index (χ3n) is 5.00. The molecule has 148 valence electrons. The maximum Gasteiger partial charge on any atom is 0.416 e. The van der Waals surface area contributed by atoms with Crippen LogP contribution >= 0.6 is 0 Å². The quantitative estimate of drug-likeness (QED) is 0.700. The molecule has 2 aromatic carbocycles. The molecule has 1 aliphatic carbocycles. The minimum absolute atomic E-state index is 0.0687. The summed E-state index contributed by atoms with van der Waals surface area (Å²) in [5.41, 5.74) is 4.64. The van der Waals surface area contributed by atoms with Gasteiger partial charge in [-0.2, -0.15) is 5.26 Å². The minimum Gasteiger partial charge on any atom is -0.480 e. The maximum absolute atomic E-state index is 12.7. The zero-order chi connectivity index (χ0) is 21.1. The van der Waals surface area contributed by atoms with Crippen molar-refractivity contribution in [1.82, 2.24) is 4.98 Å². The lowest BCUT2D eigenvalue weighted by atomic mass is 9.98. The molecule has 0 atom stereocenters. The predicted octanol–water partition coefficient (Wildman–Crippen LogP) is 3.79. The van der Waals surface area contributed by atoms with Gasteiger partial charge in [-0.3, -0.25) is 9.69 Å². The number of carbonyl (C=O) groups excluding carboxylic acids is 1. The Bertz CT molecular complexity index is 1110. The molecule has 1 amide bonds. The average Bonchev–Trinajstić information content (AvgIpc) is 3.09. The molecule has 1 aliphatic rings. The van der Waals surface area contributed by atoms with Crippen LogP contribution in [0.15, 0.2) is 66.9 Å². The van der Waals surface area contributed by atoms with Gasteiger partial charge >= 0.3 is 12.1 Å². The third-order valence-corrected chi connectivity index (χ3v) is 5.00. The Morgan fingerprint density at radius 2 is 1.67 bits per heavy atom. The molecular formula is C23H17N3O4. The summed E-state index contributed by atoms with van der Waals surface area (Å²) >= 11 is 0. The third kappa shape index (κ3) is 3.59. The fourth-order valence-electron chi connectivity index (χ4n) is 3.66. The van der Waals surface area contributed by atoms with Crippen LogP contribution in [0.25, 0.3) is 11.1 Å². The standard InChI is InChI=1S/C23H17N3O4/c24-11-15-9-10-21(25-12-15)26(13-22(27)28)23(29)30-14-20-18-7-3-1-5-16(18)17-6-2-4-8-19(17)20/h1-10,12,20H,13-14H2,(H,27,28). The van der Waals surface area contributed by atoms with Crippen LogP contribution in [0.2, 0.25) is 0 Å². The summed E-state index contributed by atoms with van der Waals surface area (Å²) in [5, 5.41) is 18.1. The summed E-state index contributed by atoms with van der Waals surface area (Å²) in [4.78, 5) is 29.0. The highest BCUT2D eigenvalue weighted by Crippen LogP contribution is 2.44. The molecule has 7 nitrogen and oxygen atoms in total. The Labute approximate surface area is 172 Å². The molecule has 3 aromatic rings. The Morgan fingerprint density at radius 3 is 2.20 bits per heavy atom. The van der Waals surface area contributed by atoms with Crippen LogP contribution in [0, 0.1) is 11.3 Å². The van der Waals surface area contributed by atoms with Crippen LogP contribution < -0.4 is 4.90 Å². The number of rotatable bonds is 5. The van der Waals surface area contributed by atoms with Gasteiger partial charge in [0.1, 0.15) is 25.0 Å². The predicted molar refractivity (Wildman–Crippen MR) is 109 cm³/mol. The number of carboxylic acids is 1. The van der Waals surface area contributed by atoms with Gasteiger partial charge in [0, 0.05) is 12.1 Å². The second-order valence-corrected chi connectivity index (χ2v) is 6.80. The van der Waals surface area contributed by atoms with Gasteiger partial charge in [0.2, 0.25) is 0 Å². The fraction of sp³-hybridized carbons (Fsp3) is 0.130. The number of aliphatic carboxylic acids is 1. The smallest absolute Gasteiger partial charge is 0.416 e. The molecule has 30 heavy (non-hydrogen) atoms. The lowest BCUT2D eigenvalue weighted by Gasteiger charge is -2.21. The first kappa shape index (κ1) is 19.2. The number of nitrogens with zero attached hydrogens (tertiary/aromatic N) is 3. The zero-order valence-corrected chi connectivity index (χ0v) is 15.9. The first-order valence-electron chi connectivity index (χ1n) is 9.29. The lowest BCUT2D eigenvalue weighted by Crippen LogP contribution is -2.37. The number of aromatic nitrogens is 1. The normalized spacial score (nSPS) is 11.8. The first-order valence-corrected chi connectivity index (χ1v) is 9.29. The summed E-state index contributed by atoms with van der Waals surface area (Å²) in [5.74, 6) is -1.23. The molecule has 0 bridgehead atoms. The van der Waals surface area contributed by atoms with Crippen molar-refractivity contribution < 1.29 is 19.4 Å². The number of anilines is 1. The fourth-order valence-corrected chi connectivity index (χ4v) is 3.66. The minimum atomic E-state index is -1.20. The number of carboxylic acid groups (broad SMARTS) is 1. The van der Waals surface area contributed by atoms with E-state index in [9.17, 15) is 14.7 Å². The summed E-state index contributed by atoms with van der Waals surface area (Å²) in [6, 6.07) is 20.7. The van der Waals surface area contributed by atoms with Gasteiger partial charge in [-0.1, -0.05) is 48.5 Å². The molecule has 1 N–H and O–H groups in total. The van der Waals surface area contributed by atoms with Crippen LogP contribution in [0.1, 0.15) is 22.6 Å². The SMILES string of the molecule is N#Cc1ccc(N(CC(=O)O)C(=O)OCC2c3ccccc3-c3ccccc32)nc1. The molecule has 0 saturated carbocycles. The Hall–Kier alpha value is -4.18. The molecule has 1 aromatic heterocycles. The van der Waals surface area contributed by atoms with E-state index in [-0.39, 0.29) is 18.3 Å². The van der Waals surface area contributed by atoms with Crippen molar-refractivity contribution >= 4 is 17.9 Å². The van der Waals surface area contributed by atoms with E-state index in [1.807, 2.05) is 54.6 Å². The van der Waals surface area contributed by atoms with E-state index in [1.165, 1.54) is 18.3 Å². The van der Waals surface area contributed by atoms with Crippen molar-refractivity contribution in [3.05, 3.63) is 83.6 Å². The van der Waals surface area contributed by atoms with Crippen molar-refractivity contribution in [2.75, 3.05) is 18.1 Å². The van der Waals surface area contributed by atoms with Crippen LogP contribution in [-0.2, 0) is 9.53 Å². The topological polar surface area (TPSA) is 104 Å². The zero-order valence-electron chi connectivity index (χ0n) is 15.9.